The van der Waals surface area contributed by atoms with Crippen LogP contribution in [0.5, 0.6) is 11.5 Å². The second kappa shape index (κ2) is 13.3. The number of nitrogens with zero attached hydrogens (tertiary/aromatic N) is 1. The SMILES string of the molecule is CC[Si](CC)(CC)Oc1cc2c(cc1O[Si](CC)(CC)CC)CN(C(=O)[C@@](OC)(c1ccccc1)C(F)(F)F)CC2. The summed E-state index contributed by atoms with van der Waals surface area (Å²) in [5, 5.41) is 0. The van der Waals surface area contributed by atoms with Crippen LogP contribution in [0.25, 0.3) is 0 Å². The van der Waals surface area contributed by atoms with Gasteiger partial charge in [0.1, 0.15) is 11.5 Å². The number of fused-ring (bicyclic) bond motifs is 1. The van der Waals surface area contributed by atoms with Gasteiger partial charge in [-0.05, 0) is 65.9 Å². The minimum Gasteiger partial charge on any atom is -0.541 e. The van der Waals surface area contributed by atoms with Gasteiger partial charge < -0.3 is 18.5 Å². The zero-order valence-corrected chi connectivity index (χ0v) is 27.6. The van der Waals surface area contributed by atoms with E-state index in [9.17, 15) is 18.0 Å². The molecule has 1 aliphatic rings. The first kappa shape index (κ1) is 33.2. The van der Waals surface area contributed by atoms with Gasteiger partial charge in [-0.25, -0.2) is 0 Å². The van der Waals surface area contributed by atoms with Gasteiger partial charge in [-0.2, -0.15) is 13.2 Å². The van der Waals surface area contributed by atoms with Crippen molar-refractivity contribution in [3.05, 3.63) is 59.2 Å². The standard InChI is InChI=1S/C31H46F3NO4Si2/c1-8-40(9-2,10-3)38-27-21-24-19-20-35(23-25(24)22-28(27)39-41(11-4,12-5)13-6)29(36)30(37-7,31(32,33)34)26-17-15-14-16-18-26/h14-18,21-22H,8-13,19-20,23H2,1-7H3/t30-/m0/s1. The molecule has 2 aromatic carbocycles. The van der Waals surface area contributed by atoms with Gasteiger partial charge in [-0.15, -0.1) is 0 Å². The lowest BCUT2D eigenvalue weighted by Crippen LogP contribution is -2.57. The first-order valence-corrected chi connectivity index (χ1v) is 20.0. The van der Waals surface area contributed by atoms with E-state index in [1.807, 2.05) is 12.1 Å². The highest BCUT2D eigenvalue weighted by atomic mass is 28.4. The van der Waals surface area contributed by atoms with Crippen molar-refractivity contribution in [3.8, 4) is 11.5 Å². The summed E-state index contributed by atoms with van der Waals surface area (Å²) in [6.45, 7) is 13.2. The summed E-state index contributed by atoms with van der Waals surface area (Å²) in [6, 6.07) is 16.9. The molecule has 1 heterocycles. The van der Waals surface area contributed by atoms with Crippen molar-refractivity contribution in [2.75, 3.05) is 13.7 Å². The number of hydrogen-bond donors (Lipinski definition) is 0. The maximum atomic E-state index is 14.6. The smallest absolute Gasteiger partial charge is 0.430 e. The first-order valence-electron chi connectivity index (χ1n) is 14.9. The highest BCUT2D eigenvalue weighted by Gasteiger charge is 2.64. The van der Waals surface area contributed by atoms with Gasteiger partial charge in [0.15, 0.2) is 0 Å². The van der Waals surface area contributed by atoms with Crippen molar-refractivity contribution in [2.45, 2.75) is 103 Å². The molecule has 0 saturated heterocycles. The van der Waals surface area contributed by atoms with Crippen molar-refractivity contribution in [1.82, 2.24) is 4.90 Å². The average molecular weight is 610 g/mol. The van der Waals surface area contributed by atoms with Crippen LogP contribution in [0.4, 0.5) is 13.2 Å². The molecule has 1 aliphatic heterocycles. The Bertz CT molecular complexity index is 1150. The molecular formula is C31H46F3NO4Si2. The van der Waals surface area contributed by atoms with Crippen LogP contribution in [0.3, 0.4) is 0 Å². The van der Waals surface area contributed by atoms with Crippen LogP contribution in [0.15, 0.2) is 42.5 Å². The first-order chi connectivity index (χ1) is 19.4. The second-order valence-corrected chi connectivity index (χ2v) is 20.4. The topological polar surface area (TPSA) is 48.0 Å². The maximum absolute atomic E-state index is 14.6. The molecule has 0 saturated carbocycles. The quantitative estimate of drug-likeness (QED) is 0.214. The lowest BCUT2D eigenvalue weighted by atomic mass is 9.89. The number of benzene rings is 2. The third kappa shape index (κ3) is 6.39. The van der Waals surface area contributed by atoms with Crippen LogP contribution in [0.2, 0.25) is 36.3 Å². The molecule has 41 heavy (non-hydrogen) atoms. The van der Waals surface area contributed by atoms with Gasteiger partial charge in [-0.3, -0.25) is 4.79 Å². The molecular weight excluding hydrogens is 564 g/mol. The molecule has 1 amide bonds. The highest BCUT2D eigenvalue weighted by molar-refractivity contribution is 6.75. The molecule has 1 atom stereocenters. The van der Waals surface area contributed by atoms with E-state index in [1.54, 1.807) is 6.07 Å². The summed E-state index contributed by atoms with van der Waals surface area (Å²) in [5.41, 5.74) is -1.55. The Labute approximate surface area is 245 Å². The van der Waals surface area contributed by atoms with Crippen LogP contribution in [0, 0.1) is 0 Å². The number of amides is 1. The molecule has 0 bridgehead atoms. The number of rotatable bonds is 13. The van der Waals surface area contributed by atoms with Crippen molar-refractivity contribution in [1.29, 1.82) is 0 Å². The van der Waals surface area contributed by atoms with Crippen molar-refractivity contribution in [3.63, 3.8) is 0 Å². The van der Waals surface area contributed by atoms with Gasteiger partial charge in [-0.1, -0.05) is 71.9 Å². The molecule has 0 radical (unpaired) electrons. The summed E-state index contributed by atoms with van der Waals surface area (Å²) >= 11 is 0. The average Bonchev–Trinajstić information content (AvgIpc) is 2.99. The zero-order chi connectivity index (χ0) is 30.5. The Kier molecular flexibility index (Phi) is 10.8. The Hall–Kier alpha value is -2.31. The van der Waals surface area contributed by atoms with E-state index in [-0.39, 0.29) is 18.7 Å². The monoisotopic (exact) mass is 609 g/mol. The lowest BCUT2D eigenvalue weighted by molar-refractivity contribution is -0.270. The summed E-state index contributed by atoms with van der Waals surface area (Å²) in [7, 11) is -3.18. The zero-order valence-electron chi connectivity index (χ0n) is 25.6. The summed E-state index contributed by atoms with van der Waals surface area (Å²) in [5.74, 6) is 0.305. The molecule has 228 valence electrons. The second-order valence-electron chi connectivity index (χ2n) is 11.0. The normalized spacial score (nSPS) is 15.7. The largest absolute Gasteiger partial charge is 0.541 e. The molecule has 0 unspecified atom stereocenters. The fourth-order valence-electron chi connectivity index (χ4n) is 5.92. The molecule has 0 N–H and O–H groups in total. The molecule has 0 aromatic heterocycles. The summed E-state index contributed by atoms with van der Waals surface area (Å²) < 4.78 is 62.7. The van der Waals surface area contributed by atoms with Gasteiger partial charge in [0.2, 0.25) is 0 Å². The fraction of sp³-hybridized carbons (Fsp3) is 0.581. The van der Waals surface area contributed by atoms with E-state index < -0.39 is 34.3 Å². The van der Waals surface area contributed by atoms with E-state index >= 15 is 0 Å². The minimum absolute atomic E-state index is 0.0374. The number of halogens is 3. The Morgan fingerprint density at radius 2 is 1.27 bits per heavy atom. The molecule has 10 heteroatoms. The van der Waals surface area contributed by atoms with Gasteiger partial charge in [0.05, 0.1) is 0 Å². The molecule has 0 spiro atoms. The number of ether oxygens (including phenoxy) is 1. The molecule has 0 fully saturated rings. The Morgan fingerprint density at radius 3 is 1.68 bits per heavy atom. The molecule has 2 aromatic rings. The lowest BCUT2D eigenvalue weighted by Gasteiger charge is -2.40. The number of methoxy groups -OCH3 is 1. The molecule has 0 aliphatic carbocycles. The maximum Gasteiger partial charge on any atom is 0.430 e. The van der Waals surface area contributed by atoms with E-state index in [1.165, 1.54) is 29.2 Å². The number of hydrogen-bond acceptors (Lipinski definition) is 4. The van der Waals surface area contributed by atoms with Gasteiger partial charge in [0, 0.05) is 25.8 Å². The van der Waals surface area contributed by atoms with Crippen molar-refractivity contribution in [2.24, 2.45) is 0 Å². The van der Waals surface area contributed by atoms with E-state index in [0.29, 0.717) is 12.2 Å². The number of carbonyl (C=O) groups is 1. The van der Waals surface area contributed by atoms with Crippen LogP contribution < -0.4 is 8.85 Å². The van der Waals surface area contributed by atoms with Crippen molar-refractivity contribution < 1.29 is 31.6 Å². The third-order valence-corrected chi connectivity index (χ3v) is 18.3. The predicted molar refractivity (Wildman–Crippen MR) is 162 cm³/mol. The van der Waals surface area contributed by atoms with E-state index in [0.717, 1.165) is 60.3 Å². The van der Waals surface area contributed by atoms with Crippen LogP contribution in [-0.2, 0) is 28.1 Å². The van der Waals surface area contributed by atoms with Gasteiger partial charge in [0.25, 0.3) is 28.1 Å². The van der Waals surface area contributed by atoms with Crippen molar-refractivity contribution >= 4 is 22.5 Å². The third-order valence-electron chi connectivity index (χ3n) is 9.27. The van der Waals surface area contributed by atoms with Crippen LogP contribution in [0.1, 0.15) is 58.2 Å². The molecule has 5 nitrogen and oxygen atoms in total. The van der Waals surface area contributed by atoms with E-state index in [4.69, 9.17) is 13.6 Å². The Morgan fingerprint density at radius 1 is 0.805 bits per heavy atom. The van der Waals surface area contributed by atoms with Crippen LogP contribution >= 0.6 is 0 Å². The van der Waals surface area contributed by atoms with Gasteiger partial charge >= 0.3 is 6.18 Å². The number of alkyl halides is 3. The predicted octanol–water partition coefficient (Wildman–Crippen LogP) is 8.44. The Balaban J connectivity index is 2.08. The fourth-order valence-corrected chi connectivity index (χ4v) is 11.0. The summed E-state index contributed by atoms with van der Waals surface area (Å²) in [6.07, 6.45) is -4.53. The summed E-state index contributed by atoms with van der Waals surface area (Å²) in [4.78, 5) is 15.0. The number of carbonyl (C=O) groups excluding carboxylic acids is 1. The molecule has 3 rings (SSSR count). The highest BCUT2D eigenvalue weighted by Crippen LogP contribution is 2.45. The van der Waals surface area contributed by atoms with E-state index in [2.05, 4.69) is 41.5 Å². The van der Waals surface area contributed by atoms with Crippen LogP contribution in [-0.4, -0.2) is 47.3 Å². The minimum atomic E-state index is -4.95.